The number of rotatable bonds is 5. The second-order valence-electron chi connectivity index (χ2n) is 8.81. The van der Waals surface area contributed by atoms with Crippen LogP contribution in [0.25, 0.3) is 6.08 Å². The van der Waals surface area contributed by atoms with Gasteiger partial charge in [0.2, 0.25) is 0 Å². The van der Waals surface area contributed by atoms with Crippen LogP contribution in [0, 0.1) is 0 Å². The summed E-state index contributed by atoms with van der Waals surface area (Å²) in [5, 5.41) is 2.80. The van der Waals surface area contributed by atoms with Crippen LogP contribution < -0.4 is 5.30 Å². The van der Waals surface area contributed by atoms with Gasteiger partial charge in [0.05, 0.1) is 32.6 Å². The second kappa shape index (κ2) is 10.7. The molecule has 2 aromatic carbocycles. The van der Waals surface area contributed by atoms with Gasteiger partial charge in [-0.25, -0.2) is 0 Å². The van der Waals surface area contributed by atoms with Gasteiger partial charge in [-0.3, -0.25) is 4.67 Å². The summed E-state index contributed by atoms with van der Waals surface area (Å²) in [6.07, 6.45) is 3.57. The Bertz CT molecular complexity index is 1040. The Morgan fingerprint density at radius 3 is 2.03 bits per heavy atom. The van der Waals surface area contributed by atoms with Crippen molar-refractivity contribution in [3.8, 4) is 0 Å². The van der Waals surface area contributed by atoms with E-state index in [1.807, 2.05) is 0 Å². The van der Waals surface area contributed by atoms with E-state index >= 15 is 0 Å². The Balaban J connectivity index is 1.70. The van der Waals surface area contributed by atoms with Crippen molar-refractivity contribution in [1.29, 1.82) is 0 Å². The summed E-state index contributed by atoms with van der Waals surface area (Å²) >= 11 is 6.81. The van der Waals surface area contributed by atoms with Gasteiger partial charge in [0.25, 0.3) is 0 Å². The van der Waals surface area contributed by atoms with E-state index in [1.54, 1.807) is 0 Å². The summed E-state index contributed by atoms with van der Waals surface area (Å²) in [6.45, 7) is 6.75. The molecule has 2 fully saturated rings. The first-order valence-electron chi connectivity index (χ1n) is 12.1. The van der Waals surface area contributed by atoms with E-state index in [9.17, 15) is 0 Å². The first-order chi connectivity index (χ1) is 16.3. The number of ether oxygens (including phenoxy) is 2. The van der Waals surface area contributed by atoms with Crippen LogP contribution in [0.4, 0.5) is 0 Å². The Morgan fingerprint density at radius 2 is 1.36 bits per heavy atom. The van der Waals surface area contributed by atoms with Gasteiger partial charge in [0, 0.05) is 42.5 Å². The summed E-state index contributed by atoms with van der Waals surface area (Å²) < 4.78 is 14.1. The number of morpholine rings is 2. The molecule has 1 aliphatic carbocycles. The van der Waals surface area contributed by atoms with Crippen LogP contribution in [0.2, 0.25) is 0 Å². The molecule has 2 saturated heterocycles. The zero-order chi connectivity index (χ0) is 22.5. The predicted octanol–water partition coefficient (Wildman–Crippen LogP) is 4.85. The van der Waals surface area contributed by atoms with Crippen LogP contribution in [0.3, 0.4) is 0 Å². The van der Waals surface area contributed by atoms with E-state index in [2.05, 4.69) is 76.3 Å². The summed E-state index contributed by atoms with van der Waals surface area (Å²) in [6, 6.07) is 21.6. The highest BCUT2D eigenvalue weighted by Gasteiger charge is 2.38. The smallest absolute Gasteiger partial charge is 0.0692 e. The van der Waals surface area contributed by atoms with Crippen molar-refractivity contribution in [3.05, 3.63) is 82.8 Å². The van der Waals surface area contributed by atoms with Crippen molar-refractivity contribution >= 4 is 29.4 Å². The molecule has 2 heterocycles. The van der Waals surface area contributed by atoms with Crippen LogP contribution in [-0.4, -0.2) is 62.2 Å². The van der Waals surface area contributed by atoms with Gasteiger partial charge in [-0.15, -0.1) is 0 Å². The van der Waals surface area contributed by atoms with Crippen molar-refractivity contribution in [2.45, 2.75) is 19.3 Å². The predicted molar refractivity (Wildman–Crippen MR) is 140 cm³/mol. The van der Waals surface area contributed by atoms with Gasteiger partial charge >= 0.3 is 0 Å². The number of hydrogen-bond donors (Lipinski definition) is 0. The SMILES string of the molecule is S=P(C1=C(N2CCOCC2)/C(=C\c2ccccc2)CCC1)(c1ccccc1)N1CCOCC1. The fraction of sp³-hybridized carbons (Fsp3) is 0.407. The fourth-order valence-electron chi connectivity index (χ4n) is 5.18. The lowest BCUT2D eigenvalue weighted by atomic mass is 9.94. The molecule has 33 heavy (non-hydrogen) atoms. The van der Waals surface area contributed by atoms with Gasteiger partial charge in [-0.2, -0.15) is 0 Å². The van der Waals surface area contributed by atoms with E-state index in [0.717, 1.165) is 71.9 Å². The minimum Gasteiger partial charge on any atom is -0.379 e. The largest absolute Gasteiger partial charge is 0.379 e. The molecule has 4 nitrogen and oxygen atoms in total. The Kier molecular flexibility index (Phi) is 7.44. The summed E-state index contributed by atoms with van der Waals surface area (Å²) in [5.41, 5.74) is 4.11. The van der Waals surface area contributed by atoms with Crippen molar-refractivity contribution in [3.63, 3.8) is 0 Å². The van der Waals surface area contributed by atoms with Crippen LogP contribution in [0.5, 0.6) is 0 Å². The molecule has 174 valence electrons. The number of allylic oxidation sites excluding steroid dienone is 2. The average molecular weight is 481 g/mol. The lowest BCUT2D eigenvalue weighted by molar-refractivity contribution is 0.0539. The Hall–Kier alpha value is -1.75. The molecule has 1 atom stereocenters. The molecule has 2 aliphatic heterocycles. The molecule has 2 aromatic rings. The summed E-state index contributed by atoms with van der Waals surface area (Å²) in [5.74, 6) is 0. The van der Waals surface area contributed by atoms with Gasteiger partial charge < -0.3 is 14.4 Å². The molecule has 0 bridgehead atoms. The maximum atomic E-state index is 6.81. The third kappa shape index (κ3) is 4.89. The minimum absolute atomic E-state index is 0.762. The van der Waals surface area contributed by atoms with Gasteiger partial charge in [0.15, 0.2) is 0 Å². The Labute approximate surface area is 202 Å². The lowest BCUT2D eigenvalue weighted by Crippen LogP contribution is -2.40. The molecule has 0 spiro atoms. The maximum absolute atomic E-state index is 6.81. The van der Waals surface area contributed by atoms with Crippen molar-refractivity contribution in [2.75, 3.05) is 52.6 Å². The fourth-order valence-corrected chi connectivity index (χ4v) is 9.89. The van der Waals surface area contributed by atoms with E-state index in [1.165, 1.54) is 27.5 Å². The van der Waals surface area contributed by atoms with Crippen molar-refractivity contribution in [1.82, 2.24) is 9.57 Å². The standard InChI is InChI=1S/C27H33N2O2PS/c33-32(25-11-5-2-6-12-25,29-16-20-31-21-17-29)26-13-7-10-24(22-23-8-3-1-4-9-23)27(26)28-14-18-30-19-15-28/h1-6,8-9,11-12,22H,7,10,13-21H2/b24-22-. The van der Waals surface area contributed by atoms with E-state index in [0.29, 0.717) is 0 Å². The molecule has 6 heteroatoms. The lowest BCUT2D eigenvalue weighted by Gasteiger charge is -2.44. The van der Waals surface area contributed by atoms with Gasteiger partial charge in [-0.1, -0.05) is 72.5 Å². The van der Waals surface area contributed by atoms with Crippen molar-refractivity contribution in [2.24, 2.45) is 0 Å². The molecule has 0 saturated carbocycles. The highest BCUT2D eigenvalue weighted by atomic mass is 32.4. The molecule has 0 aromatic heterocycles. The van der Waals surface area contributed by atoms with E-state index < -0.39 is 6.19 Å². The average Bonchev–Trinajstić information content (AvgIpc) is 2.90. The third-order valence-electron chi connectivity index (χ3n) is 6.76. The third-order valence-corrected chi connectivity index (χ3v) is 12.1. The molecule has 1 unspecified atom stereocenters. The molecule has 0 amide bonds. The Morgan fingerprint density at radius 1 is 0.758 bits per heavy atom. The van der Waals surface area contributed by atoms with Crippen LogP contribution in [-0.2, 0) is 21.3 Å². The monoisotopic (exact) mass is 480 g/mol. The molecule has 5 rings (SSSR count). The summed E-state index contributed by atoms with van der Waals surface area (Å²) in [7, 11) is 0. The quantitative estimate of drug-likeness (QED) is 0.570. The molecular formula is C27H33N2O2PS. The van der Waals surface area contributed by atoms with Gasteiger partial charge in [0.1, 0.15) is 0 Å². The maximum Gasteiger partial charge on any atom is 0.0692 e. The minimum atomic E-state index is -2.14. The zero-order valence-electron chi connectivity index (χ0n) is 19.2. The van der Waals surface area contributed by atoms with Crippen molar-refractivity contribution < 1.29 is 9.47 Å². The number of benzene rings is 2. The van der Waals surface area contributed by atoms with Gasteiger partial charge in [-0.05, 0) is 36.5 Å². The number of hydrogen-bond acceptors (Lipinski definition) is 4. The molecule has 0 radical (unpaired) electrons. The first-order valence-corrected chi connectivity index (χ1v) is 14.8. The van der Waals surface area contributed by atoms with E-state index in [-0.39, 0.29) is 0 Å². The molecule has 3 aliphatic rings. The highest BCUT2D eigenvalue weighted by molar-refractivity contribution is 8.19. The normalized spacial score (nSPS) is 23.5. The van der Waals surface area contributed by atoms with Crippen LogP contribution >= 0.6 is 6.19 Å². The molecule has 0 N–H and O–H groups in total. The molecular weight excluding hydrogens is 447 g/mol. The topological polar surface area (TPSA) is 24.9 Å². The highest BCUT2D eigenvalue weighted by Crippen LogP contribution is 2.61. The number of nitrogens with zero attached hydrogens (tertiary/aromatic N) is 2. The van der Waals surface area contributed by atoms with Crippen LogP contribution in [0.1, 0.15) is 24.8 Å². The summed E-state index contributed by atoms with van der Waals surface area (Å²) in [4.78, 5) is 2.57. The van der Waals surface area contributed by atoms with Crippen LogP contribution in [0.15, 0.2) is 77.2 Å². The first kappa shape index (κ1) is 23.0. The second-order valence-corrected chi connectivity index (χ2v) is 13.2. The zero-order valence-corrected chi connectivity index (χ0v) is 20.9. The van der Waals surface area contributed by atoms with E-state index in [4.69, 9.17) is 21.3 Å².